The summed E-state index contributed by atoms with van der Waals surface area (Å²) >= 11 is 0. The quantitative estimate of drug-likeness (QED) is 0.390. The maximum Gasteiger partial charge on any atom is 0.123 e. The van der Waals surface area contributed by atoms with Gasteiger partial charge in [-0.05, 0) is 57.6 Å². The van der Waals surface area contributed by atoms with E-state index >= 15 is 0 Å². The molecule has 4 rings (SSSR count). The van der Waals surface area contributed by atoms with Gasteiger partial charge in [0.2, 0.25) is 0 Å². The van der Waals surface area contributed by atoms with Crippen LogP contribution in [0.5, 0.6) is 0 Å². The normalized spacial score (nSPS) is 10.9. The SMILES string of the molecule is Cc1cccc(-c2ccc(F)cc2)c1-c1cccc2ccccc12. The first-order valence-corrected chi connectivity index (χ1v) is 8.08. The fourth-order valence-electron chi connectivity index (χ4n) is 3.34. The number of aryl methyl sites for hydroxylation is 1. The highest BCUT2D eigenvalue weighted by molar-refractivity contribution is 6.01. The lowest BCUT2D eigenvalue weighted by molar-refractivity contribution is 0.628. The Labute approximate surface area is 141 Å². The van der Waals surface area contributed by atoms with Crippen molar-refractivity contribution in [1.82, 2.24) is 0 Å². The minimum Gasteiger partial charge on any atom is -0.207 e. The Balaban J connectivity index is 2.03. The van der Waals surface area contributed by atoms with Crippen LogP contribution in [0.2, 0.25) is 0 Å². The van der Waals surface area contributed by atoms with Crippen molar-refractivity contribution in [1.29, 1.82) is 0 Å². The molecule has 24 heavy (non-hydrogen) atoms. The minimum atomic E-state index is -0.210. The van der Waals surface area contributed by atoms with E-state index in [1.807, 2.05) is 12.1 Å². The summed E-state index contributed by atoms with van der Waals surface area (Å²) in [5.41, 5.74) is 5.80. The molecule has 116 valence electrons. The molecule has 0 radical (unpaired) electrons. The third kappa shape index (κ3) is 2.48. The third-order valence-electron chi connectivity index (χ3n) is 4.49. The summed E-state index contributed by atoms with van der Waals surface area (Å²) in [6.45, 7) is 2.13. The Hall–Kier alpha value is -2.93. The lowest BCUT2D eigenvalue weighted by Gasteiger charge is -2.15. The fraction of sp³-hybridized carbons (Fsp3) is 0.0435. The minimum absolute atomic E-state index is 0.210. The number of rotatable bonds is 2. The van der Waals surface area contributed by atoms with Crippen molar-refractivity contribution in [2.75, 3.05) is 0 Å². The van der Waals surface area contributed by atoms with Crippen molar-refractivity contribution in [3.05, 3.63) is 96.3 Å². The van der Waals surface area contributed by atoms with Crippen LogP contribution in [0, 0.1) is 12.7 Å². The molecule has 0 nitrogen and oxygen atoms in total. The van der Waals surface area contributed by atoms with Gasteiger partial charge in [0.25, 0.3) is 0 Å². The molecule has 0 bridgehead atoms. The lowest BCUT2D eigenvalue weighted by atomic mass is 9.88. The van der Waals surface area contributed by atoms with Crippen LogP contribution >= 0.6 is 0 Å². The highest BCUT2D eigenvalue weighted by atomic mass is 19.1. The molecule has 0 heterocycles. The van der Waals surface area contributed by atoms with Crippen LogP contribution in [-0.2, 0) is 0 Å². The number of hydrogen-bond donors (Lipinski definition) is 0. The molecule has 1 heteroatoms. The van der Waals surface area contributed by atoms with Gasteiger partial charge in [-0.15, -0.1) is 0 Å². The van der Waals surface area contributed by atoms with Crippen LogP contribution in [0.25, 0.3) is 33.0 Å². The number of halogens is 1. The molecule has 0 N–H and O–H groups in total. The summed E-state index contributed by atoms with van der Waals surface area (Å²) in [5.74, 6) is -0.210. The second-order valence-electron chi connectivity index (χ2n) is 6.03. The van der Waals surface area contributed by atoms with E-state index in [0.29, 0.717) is 0 Å². The van der Waals surface area contributed by atoms with Gasteiger partial charge in [0.1, 0.15) is 5.82 Å². The van der Waals surface area contributed by atoms with Crippen LogP contribution < -0.4 is 0 Å². The van der Waals surface area contributed by atoms with Crippen LogP contribution in [0.3, 0.4) is 0 Å². The number of hydrogen-bond acceptors (Lipinski definition) is 0. The van der Waals surface area contributed by atoms with Gasteiger partial charge in [0.05, 0.1) is 0 Å². The smallest absolute Gasteiger partial charge is 0.123 e. The molecule has 0 aliphatic rings. The first-order chi connectivity index (χ1) is 11.7. The van der Waals surface area contributed by atoms with Crippen molar-refractivity contribution < 1.29 is 4.39 Å². The summed E-state index contributed by atoms with van der Waals surface area (Å²) < 4.78 is 13.3. The maximum absolute atomic E-state index is 13.3. The molecule has 0 saturated heterocycles. The molecule has 0 amide bonds. The summed E-state index contributed by atoms with van der Waals surface area (Å²) in [5, 5.41) is 2.46. The van der Waals surface area contributed by atoms with Gasteiger partial charge < -0.3 is 0 Å². The van der Waals surface area contributed by atoms with Crippen LogP contribution in [-0.4, -0.2) is 0 Å². The van der Waals surface area contributed by atoms with Gasteiger partial charge in [-0.1, -0.05) is 72.8 Å². The van der Waals surface area contributed by atoms with Crippen molar-refractivity contribution in [2.24, 2.45) is 0 Å². The zero-order valence-corrected chi connectivity index (χ0v) is 13.5. The van der Waals surface area contributed by atoms with Crippen LogP contribution in [0.4, 0.5) is 4.39 Å². The maximum atomic E-state index is 13.3. The molecule has 4 aromatic rings. The molecule has 0 unspecified atom stereocenters. The van der Waals surface area contributed by atoms with E-state index in [1.54, 1.807) is 0 Å². The number of fused-ring (bicyclic) bond motifs is 1. The molecule has 0 saturated carbocycles. The van der Waals surface area contributed by atoms with E-state index in [-0.39, 0.29) is 5.82 Å². The van der Waals surface area contributed by atoms with E-state index in [1.165, 1.54) is 39.6 Å². The van der Waals surface area contributed by atoms with E-state index in [9.17, 15) is 4.39 Å². The second-order valence-corrected chi connectivity index (χ2v) is 6.03. The van der Waals surface area contributed by atoms with Crippen LogP contribution in [0.15, 0.2) is 84.9 Å². The lowest BCUT2D eigenvalue weighted by Crippen LogP contribution is -1.90. The summed E-state index contributed by atoms with van der Waals surface area (Å²) in [6, 6.07) is 27.8. The van der Waals surface area contributed by atoms with E-state index in [4.69, 9.17) is 0 Å². The Bertz CT molecular complexity index is 1010. The highest BCUT2D eigenvalue weighted by Gasteiger charge is 2.12. The highest BCUT2D eigenvalue weighted by Crippen LogP contribution is 2.38. The fourth-order valence-corrected chi connectivity index (χ4v) is 3.34. The molecule has 0 aliphatic heterocycles. The molecule has 0 aromatic heterocycles. The van der Waals surface area contributed by atoms with Crippen molar-refractivity contribution >= 4 is 10.8 Å². The average Bonchev–Trinajstić information content (AvgIpc) is 2.62. The molecule has 0 aliphatic carbocycles. The Kier molecular flexibility index (Phi) is 3.62. The summed E-state index contributed by atoms with van der Waals surface area (Å²) in [4.78, 5) is 0. The van der Waals surface area contributed by atoms with Crippen molar-refractivity contribution in [3.63, 3.8) is 0 Å². The standard InChI is InChI=1S/C23H17F/c1-16-6-4-10-21(18-12-14-19(24)15-13-18)23(16)22-11-5-8-17-7-2-3-9-20(17)22/h2-15H,1H3. The van der Waals surface area contributed by atoms with E-state index in [0.717, 1.165) is 11.1 Å². The monoisotopic (exact) mass is 312 g/mol. The zero-order valence-electron chi connectivity index (χ0n) is 13.5. The van der Waals surface area contributed by atoms with Gasteiger partial charge in [-0.25, -0.2) is 4.39 Å². The summed E-state index contributed by atoms with van der Waals surface area (Å²) in [7, 11) is 0. The van der Waals surface area contributed by atoms with Gasteiger partial charge in [-0.2, -0.15) is 0 Å². The van der Waals surface area contributed by atoms with Gasteiger partial charge in [0, 0.05) is 0 Å². The average molecular weight is 312 g/mol. The topological polar surface area (TPSA) is 0 Å². The molecule has 4 aromatic carbocycles. The van der Waals surface area contributed by atoms with Gasteiger partial charge in [-0.3, -0.25) is 0 Å². The Morgan fingerprint density at radius 1 is 0.625 bits per heavy atom. The first-order valence-electron chi connectivity index (χ1n) is 8.08. The predicted octanol–water partition coefficient (Wildman–Crippen LogP) is 6.62. The zero-order chi connectivity index (χ0) is 16.5. The van der Waals surface area contributed by atoms with Gasteiger partial charge in [0.15, 0.2) is 0 Å². The molecule has 0 atom stereocenters. The third-order valence-corrected chi connectivity index (χ3v) is 4.49. The van der Waals surface area contributed by atoms with E-state index < -0.39 is 0 Å². The predicted molar refractivity (Wildman–Crippen MR) is 99.5 cm³/mol. The Morgan fingerprint density at radius 3 is 2.12 bits per heavy atom. The number of benzene rings is 4. The molecule has 0 fully saturated rings. The largest absolute Gasteiger partial charge is 0.207 e. The van der Waals surface area contributed by atoms with Crippen molar-refractivity contribution in [3.8, 4) is 22.3 Å². The van der Waals surface area contributed by atoms with E-state index in [2.05, 4.69) is 67.6 Å². The molecular formula is C23H17F. The summed E-state index contributed by atoms with van der Waals surface area (Å²) in [6.07, 6.45) is 0. The Morgan fingerprint density at radius 2 is 1.29 bits per heavy atom. The van der Waals surface area contributed by atoms with Crippen LogP contribution in [0.1, 0.15) is 5.56 Å². The van der Waals surface area contributed by atoms with Crippen molar-refractivity contribution in [2.45, 2.75) is 6.92 Å². The molecule has 0 spiro atoms. The van der Waals surface area contributed by atoms with Gasteiger partial charge >= 0.3 is 0 Å². The molecular weight excluding hydrogens is 295 g/mol. The second kappa shape index (κ2) is 5.93. The first kappa shape index (κ1) is 14.6.